The molecule has 35 heavy (non-hydrogen) atoms. The molecule has 0 aliphatic carbocycles. The highest BCUT2D eigenvalue weighted by Gasteiger charge is 2.33. The van der Waals surface area contributed by atoms with Gasteiger partial charge in [0.15, 0.2) is 5.79 Å². The van der Waals surface area contributed by atoms with Crippen molar-refractivity contribution in [3.63, 3.8) is 0 Å². The lowest BCUT2D eigenvalue weighted by Gasteiger charge is -2.19. The molecule has 1 aliphatic rings. The van der Waals surface area contributed by atoms with Gasteiger partial charge in [-0.25, -0.2) is 4.98 Å². The van der Waals surface area contributed by atoms with Crippen LogP contribution in [-0.4, -0.2) is 40.2 Å². The standard InChI is InChI=1S/C28H37N3O4/c1-8-19(9-2)23-11-17(4)12-24(29-23)27-30-26(31-35-27)21-13-18(5)25(20(10-3)14-21)32-15-22-16-33-28(6,7)34-22/h11-14,19,22H,8-10,15-16H2,1-7H3/t22-/m1/s1. The molecule has 3 heterocycles. The fourth-order valence-corrected chi connectivity index (χ4v) is 4.63. The highest BCUT2D eigenvalue weighted by molar-refractivity contribution is 5.63. The number of hydrogen-bond acceptors (Lipinski definition) is 7. The predicted octanol–water partition coefficient (Wildman–Crippen LogP) is 6.41. The smallest absolute Gasteiger partial charge is 0.276 e. The molecule has 4 rings (SSSR count). The third kappa shape index (κ3) is 5.73. The molecule has 2 aromatic heterocycles. The Bertz CT molecular complexity index is 1170. The molecule has 0 saturated carbocycles. The summed E-state index contributed by atoms with van der Waals surface area (Å²) in [4.78, 5) is 9.55. The van der Waals surface area contributed by atoms with Gasteiger partial charge in [-0.15, -0.1) is 0 Å². The Hall–Kier alpha value is -2.77. The molecule has 3 aromatic rings. The van der Waals surface area contributed by atoms with Crippen LogP contribution in [0.2, 0.25) is 0 Å². The normalized spacial score (nSPS) is 17.3. The van der Waals surface area contributed by atoms with Gasteiger partial charge in [-0.3, -0.25) is 0 Å². The summed E-state index contributed by atoms with van der Waals surface area (Å²) in [7, 11) is 0. The quantitative estimate of drug-likeness (QED) is 0.351. The Morgan fingerprint density at radius 3 is 2.49 bits per heavy atom. The lowest BCUT2D eigenvalue weighted by molar-refractivity contribution is -0.141. The summed E-state index contributed by atoms with van der Waals surface area (Å²) >= 11 is 0. The SMILES string of the molecule is CCc1cc(-c2noc(-c3cc(C)cc(C(CC)CC)n3)n2)cc(C)c1OC[C@@H]1COC(C)(C)O1. The molecule has 0 bridgehead atoms. The van der Waals surface area contributed by atoms with Crippen molar-refractivity contribution in [2.45, 2.75) is 85.5 Å². The number of benzene rings is 1. The predicted molar refractivity (Wildman–Crippen MR) is 136 cm³/mol. The maximum atomic E-state index is 6.19. The second-order valence-electron chi connectivity index (χ2n) is 9.79. The van der Waals surface area contributed by atoms with E-state index >= 15 is 0 Å². The zero-order chi connectivity index (χ0) is 25.2. The highest BCUT2D eigenvalue weighted by atomic mass is 16.7. The van der Waals surface area contributed by atoms with E-state index in [0.717, 1.165) is 58.7 Å². The molecule has 1 atom stereocenters. The van der Waals surface area contributed by atoms with E-state index in [-0.39, 0.29) is 6.10 Å². The molecule has 7 nitrogen and oxygen atoms in total. The maximum absolute atomic E-state index is 6.19. The molecule has 7 heteroatoms. The van der Waals surface area contributed by atoms with E-state index in [4.69, 9.17) is 28.7 Å². The van der Waals surface area contributed by atoms with E-state index in [2.05, 4.69) is 45.0 Å². The van der Waals surface area contributed by atoms with Gasteiger partial charge in [0, 0.05) is 17.2 Å². The van der Waals surface area contributed by atoms with E-state index in [0.29, 0.717) is 30.8 Å². The summed E-state index contributed by atoms with van der Waals surface area (Å²) < 4.78 is 23.4. The summed E-state index contributed by atoms with van der Waals surface area (Å²) in [6, 6.07) is 8.27. The molecule has 1 saturated heterocycles. The molecule has 1 fully saturated rings. The summed E-state index contributed by atoms with van der Waals surface area (Å²) in [6.45, 7) is 15.4. The molecule has 0 N–H and O–H groups in total. The second kappa shape index (κ2) is 10.5. The van der Waals surface area contributed by atoms with E-state index in [9.17, 15) is 0 Å². The Morgan fingerprint density at radius 1 is 1.06 bits per heavy atom. The van der Waals surface area contributed by atoms with Crippen molar-refractivity contribution in [2.24, 2.45) is 0 Å². The zero-order valence-corrected chi connectivity index (χ0v) is 22.0. The van der Waals surface area contributed by atoms with E-state index in [1.165, 1.54) is 0 Å². The van der Waals surface area contributed by atoms with Crippen LogP contribution < -0.4 is 4.74 Å². The van der Waals surface area contributed by atoms with Crippen LogP contribution in [0, 0.1) is 13.8 Å². The van der Waals surface area contributed by atoms with Crippen LogP contribution in [0.5, 0.6) is 5.75 Å². The first-order chi connectivity index (χ1) is 16.7. The number of ether oxygens (including phenoxy) is 3. The minimum absolute atomic E-state index is 0.0831. The number of aromatic nitrogens is 3. The largest absolute Gasteiger partial charge is 0.490 e. The van der Waals surface area contributed by atoms with Crippen molar-refractivity contribution in [1.82, 2.24) is 15.1 Å². The molecular formula is C28H37N3O4. The first kappa shape index (κ1) is 25.3. The number of aryl methyl sites for hydroxylation is 3. The van der Waals surface area contributed by atoms with Gasteiger partial charge in [0.1, 0.15) is 24.2 Å². The molecular weight excluding hydrogens is 442 g/mol. The summed E-state index contributed by atoms with van der Waals surface area (Å²) in [5.74, 6) is 1.73. The third-order valence-corrected chi connectivity index (χ3v) is 6.51. The van der Waals surface area contributed by atoms with Crippen LogP contribution in [0.3, 0.4) is 0 Å². The van der Waals surface area contributed by atoms with Crippen molar-refractivity contribution in [2.75, 3.05) is 13.2 Å². The lowest BCUT2D eigenvalue weighted by Crippen LogP contribution is -2.25. The number of pyridine rings is 1. The van der Waals surface area contributed by atoms with Crippen LogP contribution in [-0.2, 0) is 15.9 Å². The van der Waals surface area contributed by atoms with Crippen molar-refractivity contribution in [3.05, 3.63) is 46.6 Å². The minimum Gasteiger partial charge on any atom is -0.490 e. The van der Waals surface area contributed by atoms with Crippen molar-refractivity contribution in [3.8, 4) is 28.7 Å². The lowest BCUT2D eigenvalue weighted by atomic mass is 9.97. The van der Waals surface area contributed by atoms with Gasteiger partial charge in [-0.2, -0.15) is 4.98 Å². The Labute approximate surface area is 208 Å². The van der Waals surface area contributed by atoms with Crippen molar-refractivity contribution < 1.29 is 18.7 Å². The summed E-state index contributed by atoms with van der Waals surface area (Å²) in [6.07, 6.45) is 2.83. The molecule has 0 unspecified atom stereocenters. The Morgan fingerprint density at radius 2 is 1.83 bits per heavy atom. The first-order valence-corrected chi connectivity index (χ1v) is 12.6. The van der Waals surface area contributed by atoms with Gasteiger partial charge >= 0.3 is 0 Å². The second-order valence-corrected chi connectivity index (χ2v) is 9.79. The van der Waals surface area contributed by atoms with E-state index < -0.39 is 5.79 Å². The van der Waals surface area contributed by atoms with Gasteiger partial charge in [0.2, 0.25) is 5.82 Å². The monoisotopic (exact) mass is 479 g/mol. The first-order valence-electron chi connectivity index (χ1n) is 12.6. The maximum Gasteiger partial charge on any atom is 0.276 e. The summed E-state index contributed by atoms with van der Waals surface area (Å²) in [5.41, 5.74) is 5.95. The van der Waals surface area contributed by atoms with Gasteiger partial charge in [0.05, 0.1) is 6.61 Å². The fourth-order valence-electron chi connectivity index (χ4n) is 4.63. The Balaban J connectivity index is 1.57. The third-order valence-electron chi connectivity index (χ3n) is 6.51. The Kier molecular flexibility index (Phi) is 7.57. The van der Waals surface area contributed by atoms with Crippen LogP contribution >= 0.6 is 0 Å². The van der Waals surface area contributed by atoms with Crippen LogP contribution in [0.25, 0.3) is 23.0 Å². The number of nitrogens with zero attached hydrogens (tertiary/aromatic N) is 3. The molecule has 0 radical (unpaired) electrons. The van der Waals surface area contributed by atoms with Gasteiger partial charge in [0.25, 0.3) is 5.89 Å². The molecule has 188 valence electrons. The van der Waals surface area contributed by atoms with Crippen LogP contribution in [0.4, 0.5) is 0 Å². The van der Waals surface area contributed by atoms with E-state index in [1.54, 1.807) is 0 Å². The fraction of sp³-hybridized carbons (Fsp3) is 0.536. The average molecular weight is 480 g/mol. The topological polar surface area (TPSA) is 79.5 Å². The van der Waals surface area contributed by atoms with Gasteiger partial charge < -0.3 is 18.7 Å². The summed E-state index contributed by atoms with van der Waals surface area (Å²) in [5, 5.41) is 4.28. The van der Waals surface area contributed by atoms with E-state index in [1.807, 2.05) is 32.9 Å². The van der Waals surface area contributed by atoms with Crippen LogP contribution in [0.1, 0.15) is 75.8 Å². The van der Waals surface area contributed by atoms with Crippen molar-refractivity contribution in [1.29, 1.82) is 0 Å². The average Bonchev–Trinajstić information content (AvgIpc) is 3.45. The molecule has 0 amide bonds. The van der Waals surface area contributed by atoms with Gasteiger partial charge in [-0.05, 0) is 87.9 Å². The highest BCUT2D eigenvalue weighted by Crippen LogP contribution is 2.32. The number of hydrogen-bond donors (Lipinski definition) is 0. The molecule has 0 spiro atoms. The zero-order valence-electron chi connectivity index (χ0n) is 22.0. The molecule has 1 aromatic carbocycles. The minimum atomic E-state index is -0.558. The number of rotatable bonds is 9. The van der Waals surface area contributed by atoms with Crippen molar-refractivity contribution >= 4 is 0 Å². The van der Waals surface area contributed by atoms with Gasteiger partial charge in [-0.1, -0.05) is 25.9 Å². The van der Waals surface area contributed by atoms with Crippen LogP contribution in [0.15, 0.2) is 28.8 Å². The molecule has 1 aliphatic heterocycles.